The zero-order valence-electron chi connectivity index (χ0n) is 14.9. The van der Waals surface area contributed by atoms with Gasteiger partial charge in [-0.25, -0.2) is 0 Å². The molecule has 6 heteroatoms. The second-order valence-electron chi connectivity index (χ2n) is 7.47. The van der Waals surface area contributed by atoms with Gasteiger partial charge in [0.2, 0.25) is 11.8 Å². The Morgan fingerprint density at radius 2 is 2.12 bits per heavy atom. The molecule has 2 aliphatic heterocycles. The van der Waals surface area contributed by atoms with Gasteiger partial charge in [0.05, 0.1) is 12.7 Å². The zero-order valence-corrected chi connectivity index (χ0v) is 14.9. The maximum Gasteiger partial charge on any atom is 0.245 e. The Morgan fingerprint density at radius 3 is 2.79 bits per heavy atom. The molecule has 0 aromatic heterocycles. The Kier molecular flexibility index (Phi) is 5.45. The first-order valence-electron chi connectivity index (χ1n) is 9.41. The van der Waals surface area contributed by atoms with Gasteiger partial charge in [-0.05, 0) is 38.0 Å². The van der Waals surface area contributed by atoms with Crippen LogP contribution >= 0.6 is 0 Å². The molecule has 0 unspecified atom stereocenters. The summed E-state index contributed by atoms with van der Waals surface area (Å²) < 4.78 is 11.7. The van der Waals surface area contributed by atoms with E-state index in [1.807, 2.05) is 6.92 Å². The molecular weight excluding hydrogens is 308 g/mol. The number of carbonyl (C=O) groups excluding carboxylic acids is 2. The standard InChI is InChI=1S/C18H30N2O4/c1-3-16(21)20-15(17(22)19-11-14-7-5-9-23-14)12-24-18(20)8-4-6-13(2)10-18/h13-15H,3-12H2,1-2H3,(H,19,22)/t13-,14-,15-,18+/m0/s1. The van der Waals surface area contributed by atoms with Gasteiger partial charge >= 0.3 is 0 Å². The lowest BCUT2D eigenvalue weighted by molar-refractivity contribution is -0.162. The summed E-state index contributed by atoms with van der Waals surface area (Å²) in [6, 6.07) is -0.510. The van der Waals surface area contributed by atoms with Crippen molar-refractivity contribution in [3.8, 4) is 0 Å². The molecule has 24 heavy (non-hydrogen) atoms. The van der Waals surface area contributed by atoms with Gasteiger partial charge in [-0.2, -0.15) is 0 Å². The molecule has 3 rings (SSSR count). The first-order valence-corrected chi connectivity index (χ1v) is 9.41. The van der Waals surface area contributed by atoms with Crippen LogP contribution in [0.5, 0.6) is 0 Å². The normalized spacial score (nSPS) is 36.2. The van der Waals surface area contributed by atoms with Crippen LogP contribution in [0.1, 0.15) is 58.8 Å². The summed E-state index contributed by atoms with van der Waals surface area (Å²) in [7, 11) is 0. The van der Waals surface area contributed by atoms with Crippen LogP contribution in [0.3, 0.4) is 0 Å². The topological polar surface area (TPSA) is 67.9 Å². The number of hydrogen-bond acceptors (Lipinski definition) is 4. The predicted octanol–water partition coefficient (Wildman–Crippen LogP) is 1.83. The number of hydrogen-bond donors (Lipinski definition) is 1. The monoisotopic (exact) mass is 338 g/mol. The summed E-state index contributed by atoms with van der Waals surface area (Å²) in [4.78, 5) is 27.1. The minimum atomic E-state index is -0.573. The highest BCUT2D eigenvalue weighted by atomic mass is 16.5. The molecule has 1 saturated carbocycles. The highest BCUT2D eigenvalue weighted by Gasteiger charge is 2.53. The van der Waals surface area contributed by atoms with Crippen LogP contribution in [-0.4, -0.2) is 54.3 Å². The minimum absolute atomic E-state index is 0.0128. The van der Waals surface area contributed by atoms with Crippen molar-refractivity contribution in [3.63, 3.8) is 0 Å². The Hall–Kier alpha value is -1.14. The van der Waals surface area contributed by atoms with E-state index in [-0.39, 0.29) is 17.9 Å². The summed E-state index contributed by atoms with van der Waals surface area (Å²) in [5.41, 5.74) is -0.573. The molecule has 3 aliphatic rings. The van der Waals surface area contributed by atoms with Gasteiger partial charge in [-0.15, -0.1) is 0 Å². The number of carbonyl (C=O) groups is 2. The molecule has 4 atom stereocenters. The number of nitrogens with zero attached hydrogens (tertiary/aromatic N) is 1. The van der Waals surface area contributed by atoms with Crippen LogP contribution in [0.15, 0.2) is 0 Å². The van der Waals surface area contributed by atoms with E-state index >= 15 is 0 Å². The molecule has 0 aromatic rings. The molecule has 0 radical (unpaired) electrons. The van der Waals surface area contributed by atoms with Crippen LogP contribution < -0.4 is 5.32 Å². The Bertz CT molecular complexity index is 478. The molecule has 136 valence electrons. The van der Waals surface area contributed by atoms with Gasteiger partial charge in [0.1, 0.15) is 11.8 Å². The van der Waals surface area contributed by atoms with Gasteiger partial charge in [0.25, 0.3) is 0 Å². The van der Waals surface area contributed by atoms with E-state index in [4.69, 9.17) is 9.47 Å². The molecule has 1 spiro atoms. The van der Waals surface area contributed by atoms with Crippen molar-refractivity contribution in [3.05, 3.63) is 0 Å². The van der Waals surface area contributed by atoms with Crippen molar-refractivity contribution in [1.29, 1.82) is 0 Å². The smallest absolute Gasteiger partial charge is 0.245 e. The first kappa shape index (κ1) is 17.7. The van der Waals surface area contributed by atoms with Crippen molar-refractivity contribution >= 4 is 11.8 Å². The average Bonchev–Trinajstić information content (AvgIpc) is 3.20. The third kappa shape index (κ3) is 3.45. The molecule has 6 nitrogen and oxygen atoms in total. The summed E-state index contributed by atoms with van der Waals surface area (Å²) in [6.07, 6.45) is 6.40. The highest BCUT2D eigenvalue weighted by molar-refractivity contribution is 5.88. The van der Waals surface area contributed by atoms with Crippen molar-refractivity contribution in [2.75, 3.05) is 19.8 Å². The van der Waals surface area contributed by atoms with Crippen LogP contribution in [-0.2, 0) is 19.1 Å². The van der Waals surface area contributed by atoms with E-state index in [0.717, 1.165) is 45.1 Å². The Labute approximate surface area is 144 Å². The zero-order chi connectivity index (χ0) is 17.2. The fraction of sp³-hybridized carbons (Fsp3) is 0.889. The molecule has 2 amide bonds. The fourth-order valence-electron chi connectivity index (χ4n) is 4.39. The van der Waals surface area contributed by atoms with E-state index in [0.29, 0.717) is 25.5 Å². The molecular formula is C18H30N2O4. The fourth-order valence-corrected chi connectivity index (χ4v) is 4.39. The lowest BCUT2D eigenvalue weighted by Crippen LogP contribution is -2.57. The van der Waals surface area contributed by atoms with E-state index in [1.165, 1.54) is 0 Å². The number of amides is 2. The van der Waals surface area contributed by atoms with Gasteiger partial charge < -0.3 is 14.8 Å². The molecule has 0 aromatic carbocycles. The Morgan fingerprint density at radius 1 is 1.29 bits per heavy atom. The molecule has 1 aliphatic carbocycles. The molecule has 3 fully saturated rings. The molecule has 1 N–H and O–H groups in total. The second kappa shape index (κ2) is 7.40. The third-order valence-electron chi connectivity index (χ3n) is 5.59. The van der Waals surface area contributed by atoms with Crippen molar-refractivity contribution in [1.82, 2.24) is 10.2 Å². The summed E-state index contributed by atoms with van der Waals surface area (Å²) in [5.74, 6) is 0.417. The van der Waals surface area contributed by atoms with Crippen molar-refractivity contribution in [2.24, 2.45) is 5.92 Å². The van der Waals surface area contributed by atoms with Crippen molar-refractivity contribution < 1.29 is 19.1 Å². The molecule has 2 heterocycles. The summed E-state index contributed by atoms with van der Waals surface area (Å²) in [6.45, 7) is 5.64. The molecule has 0 bridgehead atoms. The van der Waals surface area contributed by atoms with Gasteiger partial charge in [0.15, 0.2) is 0 Å². The van der Waals surface area contributed by atoms with Crippen LogP contribution in [0.2, 0.25) is 0 Å². The van der Waals surface area contributed by atoms with Gasteiger partial charge in [-0.1, -0.05) is 20.3 Å². The van der Waals surface area contributed by atoms with Crippen LogP contribution in [0.4, 0.5) is 0 Å². The average molecular weight is 338 g/mol. The quantitative estimate of drug-likeness (QED) is 0.849. The summed E-state index contributed by atoms with van der Waals surface area (Å²) in [5, 5.41) is 2.97. The van der Waals surface area contributed by atoms with Gasteiger partial charge in [-0.3, -0.25) is 14.5 Å². The lowest BCUT2D eigenvalue weighted by atomic mass is 9.83. The Balaban J connectivity index is 1.69. The lowest BCUT2D eigenvalue weighted by Gasteiger charge is -2.43. The second-order valence-corrected chi connectivity index (χ2v) is 7.47. The highest BCUT2D eigenvalue weighted by Crippen LogP contribution is 2.43. The van der Waals surface area contributed by atoms with Crippen LogP contribution in [0.25, 0.3) is 0 Å². The van der Waals surface area contributed by atoms with Gasteiger partial charge in [0, 0.05) is 19.6 Å². The summed E-state index contributed by atoms with van der Waals surface area (Å²) >= 11 is 0. The third-order valence-corrected chi connectivity index (χ3v) is 5.59. The van der Waals surface area contributed by atoms with Crippen molar-refractivity contribution in [2.45, 2.75) is 76.7 Å². The number of nitrogens with one attached hydrogen (secondary N) is 1. The predicted molar refractivity (Wildman–Crippen MR) is 89.2 cm³/mol. The largest absolute Gasteiger partial charge is 0.376 e. The van der Waals surface area contributed by atoms with E-state index in [1.54, 1.807) is 4.90 Å². The van der Waals surface area contributed by atoms with E-state index in [9.17, 15) is 9.59 Å². The number of rotatable bonds is 4. The number of ether oxygens (including phenoxy) is 2. The van der Waals surface area contributed by atoms with E-state index in [2.05, 4.69) is 12.2 Å². The van der Waals surface area contributed by atoms with Crippen LogP contribution in [0, 0.1) is 5.92 Å². The maximum atomic E-state index is 12.7. The first-order chi connectivity index (χ1) is 11.6. The maximum absolute atomic E-state index is 12.7. The van der Waals surface area contributed by atoms with E-state index < -0.39 is 11.8 Å². The molecule has 2 saturated heterocycles. The minimum Gasteiger partial charge on any atom is -0.376 e. The SMILES string of the molecule is CCC(=O)N1[C@H](C(=O)NC[C@@H]2CCCO2)CO[C@@]12CCC[C@H](C)C2.